The van der Waals surface area contributed by atoms with E-state index in [-0.39, 0.29) is 24.0 Å². The van der Waals surface area contributed by atoms with Crippen molar-refractivity contribution < 1.29 is 32.2 Å². The summed E-state index contributed by atoms with van der Waals surface area (Å²) in [7, 11) is 0. The van der Waals surface area contributed by atoms with Crippen LogP contribution >= 0.6 is 0 Å². The molecule has 118 valence electrons. The number of nitrogens with one attached hydrogen (secondary N) is 1. The maximum atomic E-state index is 12.3. The molecule has 0 spiro atoms. The van der Waals surface area contributed by atoms with Crippen molar-refractivity contribution in [1.29, 1.82) is 0 Å². The standard InChI is InChI=1S/C14H12F3NO4/c1-8(20)21-13-10-7-9(22-14(15,16)17)4-5-11(10)18-12(13)3-2-6-19/h4-7,18H,2-3H2,1H3. The first-order valence-corrected chi connectivity index (χ1v) is 6.32. The second kappa shape index (κ2) is 6.08. The number of hydrogen-bond donors (Lipinski definition) is 1. The minimum absolute atomic E-state index is 0.108. The van der Waals surface area contributed by atoms with Crippen LogP contribution in [0, 0.1) is 0 Å². The van der Waals surface area contributed by atoms with E-state index in [0.717, 1.165) is 12.1 Å². The van der Waals surface area contributed by atoms with Gasteiger partial charge >= 0.3 is 12.3 Å². The van der Waals surface area contributed by atoms with Gasteiger partial charge in [-0.15, -0.1) is 13.2 Å². The lowest BCUT2D eigenvalue weighted by Gasteiger charge is -2.09. The van der Waals surface area contributed by atoms with Crippen LogP contribution < -0.4 is 9.47 Å². The number of alkyl halides is 3. The van der Waals surface area contributed by atoms with Crippen LogP contribution in [0.15, 0.2) is 18.2 Å². The fraction of sp³-hybridized carbons (Fsp3) is 0.286. The van der Waals surface area contributed by atoms with Crippen molar-refractivity contribution in [2.24, 2.45) is 0 Å². The lowest BCUT2D eigenvalue weighted by molar-refractivity contribution is -0.274. The van der Waals surface area contributed by atoms with Crippen LogP contribution in [0.2, 0.25) is 0 Å². The number of hydrogen-bond acceptors (Lipinski definition) is 4. The van der Waals surface area contributed by atoms with Gasteiger partial charge in [0.1, 0.15) is 12.0 Å². The minimum atomic E-state index is -4.81. The van der Waals surface area contributed by atoms with Gasteiger partial charge in [-0.25, -0.2) is 0 Å². The number of H-pyrrole nitrogens is 1. The molecule has 0 radical (unpaired) electrons. The van der Waals surface area contributed by atoms with Crippen molar-refractivity contribution in [2.45, 2.75) is 26.1 Å². The van der Waals surface area contributed by atoms with E-state index in [9.17, 15) is 22.8 Å². The molecule has 1 aromatic carbocycles. The molecule has 0 saturated carbocycles. The lowest BCUT2D eigenvalue weighted by atomic mass is 10.2. The van der Waals surface area contributed by atoms with Gasteiger partial charge in [0.25, 0.3) is 0 Å². The molecule has 0 aliphatic heterocycles. The summed E-state index contributed by atoms with van der Waals surface area (Å²) in [5.74, 6) is -0.929. The highest BCUT2D eigenvalue weighted by Crippen LogP contribution is 2.35. The van der Waals surface area contributed by atoms with Crippen LogP contribution in [-0.2, 0) is 16.0 Å². The molecule has 0 aliphatic carbocycles. The Kier molecular flexibility index (Phi) is 4.39. The van der Waals surface area contributed by atoms with Gasteiger partial charge in [0.05, 0.1) is 5.69 Å². The quantitative estimate of drug-likeness (QED) is 0.680. The number of carbonyl (C=O) groups excluding carboxylic acids is 2. The smallest absolute Gasteiger partial charge is 0.424 e. The molecule has 0 atom stereocenters. The molecule has 0 unspecified atom stereocenters. The largest absolute Gasteiger partial charge is 0.573 e. The lowest BCUT2D eigenvalue weighted by Crippen LogP contribution is -2.16. The zero-order valence-electron chi connectivity index (χ0n) is 11.5. The number of fused-ring (bicyclic) bond motifs is 1. The molecule has 1 aromatic heterocycles. The molecule has 0 fully saturated rings. The first kappa shape index (κ1) is 15.9. The third-order valence-electron chi connectivity index (χ3n) is 2.79. The van der Waals surface area contributed by atoms with Crippen LogP contribution in [0.1, 0.15) is 19.0 Å². The van der Waals surface area contributed by atoms with Crippen LogP contribution in [-0.4, -0.2) is 23.6 Å². The Morgan fingerprint density at radius 1 is 1.36 bits per heavy atom. The molecular formula is C14H12F3NO4. The number of ether oxygens (including phenoxy) is 2. The number of aryl methyl sites for hydroxylation is 1. The first-order valence-electron chi connectivity index (χ1n) is 6.32. The van der Waals surface area contributed by atoms with Gasteiger partial charge in [0, 0.05) is 24.2 Å². The van der Waals surface area contributed by atoms with Crippen molar-refractivity contribution >= 4 is 23.2 Å². The van der Waals surface area contributed by atoms with Crippen LogP contribution in [0.4, 0.5) is 13.2 Å². The Hall–Kier alpha value is -2.51. The molecule has 0 bridgehead atoms. The number of aldehydes is 1. The van der Waals surface area contributed by atoms with Crippen LogP contribution in [0.25, 0.3) is 10.9 Å². The summed E-state index contributed by atoms with van der Waals surface area (Å²) in [6.45, 7) is 1.18. The minimum Gasteiger partial charge on any atom is -0.424 e. The molecule has 0 aliphatic rings. The zero-order chi connectivity index (χ0) is 16.3. The van der Waals surface area contributed by atoms with E-state index >= 15 is 0 Å². The SMILES string of the molecule is CC(=O)Oc1c(CCC=O)[nH]c2ccc(OC(F)(F)F)cc12. The Morgan fingerprint density at radius 2 is 2.09 bits per heavy atom. The van der Waals surface area contributed by atoms with Gasteiger partial charge in [-0.05, 0) is 24.6 Å². The highest BCUT2D eigenvalue weighted by atomic mass is 19.4. The fourth-order valence-corrected chi connectivity index (χ4v) is 2.04. The molecule has 2 rings (SSSR count). The number of halogens is 3. The molecule has 2 aromatic rings. The molecule has 5 nitrogen and oxygen atoms in total. The van der Waals surface area contributed by atoms with Gasteiger partial charge < -0.3 is 19.3 Å². The summed E-state index contributed by atoms with van der Waals surface area (Å²) in [5.41, 5.74) is 0.938. The van der Waals surface area contributed by atoms with E-state index < -0.39 is 18.1 Å². The van der Waals surface area contributed by atoms with E-state index in [2.05, 4.69) is 9.72 Å². The molecule has 1 N–H and O–H groups in total. The van der Waals surface area contributed by atoms with Crippen molar-refractivity contribution in [3.63, 3.8) is 0 Å². The van der Waals surface area contributed by atoms with E-state index in [1.165, 1.54) is 13.0 Å². The summed E-state index contributed by atoms with van der Waals surface area (Å²) < 4.78 is 45.7. The summed E-state index contributed by atoms with van der Waals surface area (Å²) in [4.78, 5) is 24.6. The van der Waals surface area contributed by atoms with E-state index in [4.69, 9.17) is 4.74 Å². The molecular weight excluding hydrogens is 303 g/mol. The normalized spacial score (nSPS) is 11.5. The van der Waals surface area contributed by atoms with Gasteiger partial charge in [0.15, 0.2) is 5.75 Å². The van der Waals surface area contributed by atoms with Crippen molar-refractivity contribution in [2.75, 3.05) is 0 Å². The number of esters is 1. The molecule has 8 heteroatoms. The Labute approximate surface area is 123 Å². The van der Waals surface area contributed by atoms with Gasteiger partial charge in [0.2, 0.25) is 0 Å². The summed E-state index contributed by atoms with van der Waals surface area (Å²) in [6, 6.07) is 3.66. The third-order valence-corrected chi connectivity index (χ3v) is 2.79. The van der Waals surface area contributed by atoms with Gasteiger partial charge in [-0.1, -0.05) is 0 Å². The summed E-state index contributed by atoms with van der Waals surface area (Å²) in [5, 5.41) is 0.276. The van der Waals surface area contributed by atoms with Gasteiger partial charge in [-0.2, -0.15) is 0 Å². The number of aromatic amines is 1. The van der Waals surface area contributed by atoms with Crippen molar-refractivity contribution in [3.8, 4) is 11.5 Å². The average Bonchev–Trinajstić information content (AvgIpc) is 2.72. The Bertz CT molecular complexity index is 706. The number of carbonyl (C=O) groups is 2. The molecule has 22 heavy (non-hydrogen) atoms. The number of benzene rings is 1. The fourth-order valence-electron chi connectivity index (χ4n) is 2.04. The predicted octanol–water partition coefficient (Wildman–Crippen LogP) is 3.12. The topological polar surface area (TPSA) is 68.4 Å². The highest BCUT2D eigenvalue weighted by molar-refractivity contribution is 5.91. The maximum Gasteiger partial charge on any atom is 0.573 e. The Morgan fingerprint density at radius 3 is 2.68 bits per heavy atom. The summed E-state index contributed by atoms with van der Waals surface area (Å²) >= 11 is 0. The van der Waals surface area contributed by atoms with E-state index in [1.54, 1.807) is 0 Å². The maximum absolute atomic E-state index is 12.3. The Balaban J connectivity index is 2.48. The average molecular weight is 315 g/mol. The molecule has 0 amide bonds. The van der Waals surface area contributed by atoms with Crippen LogP contribution in [0.5, 0.6) is 11.5 Å². The zero-order valence-corrected chi connectivity index (χ0v) is 11.5. The third kappa shape index (κ3) is 3.78. The number of aromatic nitrogens is 1. The second-order valence-corrected chi connectivity index (χ2v) is 4.49. The number of rotatable bonds is 5. The van der Waals surface area contributed by atoms with Crippen molar-refractivity contribution in [1.82, 2.24) is 4.98 Å². The second-order valence-electron chi connectivity index (χ2n) is 4.49. The molecule has 1 heterocycles. The van der Waals surface area contributed by atoms with Crippen LogP contribution in [0.3, 0.4) is 0 Å². The molecule has 0 saturated heterocycles. The summed E-state index contributed by atoms with van der Waals surface area (Å²) in [6.07, 6.45) is -3.66. The van der Waals surface area contributed by atoms with E-state index in [0.29, 0.717) is 17.5 Å². The highest BCUT2D eigenvalue weighted by Gasteiger charge is 2.31. The van der Waals surface area contributed by atoms with Gasteiger partial charge in [-0.3, -0.25) is 4.79 Å². The van der Waals surface area contributed by atoms with E-state index in [1.807, 2.05) is 0 Å². The first-order chi connectivity index (χ1) is 10.3. The van der Waals surface area contributed by atoms with Crippen molar-refractivity contribution in [3.05, 3.63) is 23.9 Å². The predicted molar refractivity (Wildman–Crippen MR) is 70.7 cm³/mol. The monoisotopic (exact) mass is 315 g/mol.